The monoisotopic (exact) mass is 293 g/mol. The van der Waals surface area contributed by atoms with Gasteiger partial charge in [0.05, 0.1) is 17.1 Å². The van der Waals surface area contributed by atoms with Crippen LogP contribution in [0.1, 0.15) is 25.0 Å². The average molecular weight is 294 g/mol. The molecule has 3 heterocycles. The highest BCUT2D eigenvalue weighted by molar-refractivity contribution is 6.30. The second-order valence-corrected chi connectivity index (χ2v) is 5.65. The van der Waals surface area contributed by atoms with Gasteiger partial charge in [-0.2, -0.15) is 0 Å². The van der Waals surface area contributed by atoms with E-state index >= 15 is 0 Å². The van der Waals surface area contributed by atoms with Crippen molar-refractivity contribution in [3.05, 3.63) is 35.2 Å². The zero-order valence-corrected chi connectivity index (χ0v) is 11.8. The Balaban J connectivity index is 1.76. The number of aromatic nitrogens is 2. The molecule has 0 aromatic carbocycles. The molecule has 0 spiro atoms. The highest BCUT2D eigenvalue weighted by atomic mass is 35.5. The molecule has 6 heteroatoms. The molecule has 1 saturated heterocycles. The minimum atomic E-state index is -0.733. The topological polar surface area (TPSA) is 57.8 Å². The van der Waals surface area contributed by atoms with E-state index in [0.29, 0.717) is 11.6 Å². The van der Waals surface area contributed by atoms with Crippen molar-refractivity contribution in [3.63, 3.8) is 0 Å². The van der Waals surface area contributed by atoms with Crippen LogP contribution >= 0.6 is 11.6 Å². The molecular weight excluding hydrogens is 278 g/mol. The second kappa shape index (κ2) is 5.42. The molecule has 0 saturated carbocycles. The maximum atomic E-state index is 10.9. The maximum absolute atomic E-state index is 10.9. The predicted molar refractivity (Wildman–Crippen MR) is 75.9 cm³/mol. The highest BCUT2D eigenvalue weighted by Gasteiger charge is 2.27. The smallest absolute Gasteiger partial charge is 0.304 e. The number of halogens is 1. The lowest BCUT2D eigenvalue weighted by Gasteiger charge is -2.21. The first-order chi connectivity index (χ1) is 9.61. The molecule has 0 radical (unpaired) electrons. The Labute approximate surface area is 121 Å². The molecule has 1 unspecified atom stereocenters. The molecule has 2 aromatic heterocycles. The van der Waals surface area contributed by atoms with Gasteiger partial charge in [-0.05, 0) is 31.5 Å². The van der Waals surface area contributed by atoms with Crippen LogP contribution < -0.4 is 0 Å². The molecule has 1 fully saturated rings. The van der Waals surface area contributed by atoms with Crippen LogP contribution in [0.5, 0.6) is 0 Å². The van der Waals surface area contributed by atoms with Crippen molar-refractivity contribution < 1.29 is 9.90 Å². The fraction of sp³-hybridized carbons (Fsp3) is 0.429. The van der Waals surface area contributed by atoms with Gasteiger partial charge in [-0.15, -0.1) is 0 Å². The van der Waals surface area contributed by atoms with Crippen molar-refractivity contribution >= 4 is 23.2 Å². The van der Waals surface area contributed by atoms with Gasteiger partial charge in [-0.25, -0.2) is 4.98 Å². The van der Waals surface area contributed by atoms with Gasteiger partial charge in [-0.1, -0.05) is 11.6 Å². The molecule has 0 bridgehead atoms. The Hall–Kier alpha value is -1.59. The third-order valence-corrected chi connectivity index (χ3v) is 3.96. The fourth-order valence-corrected chi connectivity index (χ4v) is 3.01. The van der Waals surface area contributed by atoms with Gasteiger partial charge in [0.1, 0.15) is 5.65 Å². The van der Waals surface area contributed by atoms with Gasteiger partial charge in [-0.3, -0.25) is 9.69 Å². The van der Waals surface area contributed by atoms with Crippen LogP contribution in [-0.4, -0.2) is 37.9 Å². The number of carboxylic acid groups (broad SMARTS) is 1. The summed E-state index contributed by atoms with van der Waals surface area (Å²) < 4.78 is 1.90. The van der Waals surface area contributed by atoms with E-state index in [1.807, 2.05) is 28.9 Å². The summed E-state index contributed by atoms with van der Waals surface area (Å²) in [5.74, 6) is -0.733. The number of imidazole rings is 1. The van der Waals surface area contributed by atoms with Crippen LogP contribution in [0.4, 0.5) is 0 Å². The average Bonchev–Trinajstić information content (AvgIpc) is 2.95. The number of hydrogen-bond donors (Lipinski definition) is 1. The summed E-state index contributed by atoms with van der Waals surface area (Å²) in [5.41, 5.74) is 1.81. The Morgan fingerprint density at radius 1 is 1.45 bits per heavy atom. The van der Waals surface area contributed by atoms with Crippen molar-refractivity contribution in [1.82, 2.24) is 14.3 Å². The zero-order valence-electron chi connectivity index (χ0n) is 11.0. The van der Waals surface area contributed by atoms with E-state index in [1.165, 1.54) is 0 Å². The molecule has 3 rings (SSSR count). The molecule has 1 N–H and O–H groups in total. The predicted octanol–water partition coefficient (Wildman–Crippen LogP) is 2.43. The van der Waals surface area contributed by atoms with Crippen molar-refractivity contribution in [2.75, 3.05) is 6.54 Å². The summed E-state index contributed by atoms with van der Waals surface area (Å²) >= 11 is 5.95. The van der Waals surface area contributed by atoms with E-state index in [0.717, 1.165) is 30.7 Å². The number of pyridine rings is 1. The Bertz CT molecular complexity index is 640. The summed E-state index contributed by atoms with van der Waals surface area (Å²) in [4.78, 5) is 17.6. The second-order valence-electron chi connectivity index (χ2n) is 5.21. The van der Waals surface area contributed by atoms with Gasteiger partial charge < -0.3 is 9.51 Å². The lowest BCUT2D eigenvalue weighted by atomic mass is 10.1. The van der Waals surface area contributed by atoms with Gasteiger partial charge in [0.25, 0.3) is 0 Å². The summed E-state index contributed by atoms with van der Waals surface area (Å²) in [7, 11) is 0. The van der Waals surface area contributed by atoms with Crippen LogP contribution in [0.3, 0.4) is 0 Å². The van der Waals surface area contributed by atoms with E-state index in [9.17, 15) is 4.79 Å². The van der Waals surface area contributed by atoms with Gasteiger partial charge in [0.2, 0.25) is 0 Å². The number of hydrogen-bond acceptors (Lipinski definition) is 3. The minimum absolute atomic E-state index is 0.126. The molecule has 1 aliphatic rings. The first-order valence-electron chi connectivity index (χ1n) is 6.71. The fourth-order valence-electron chi connectivity index (χ4n) is 2.84. The molecule has 2 aromatic rings. The van der Waals surface area contributed by atoms with Crippen LogP contribution in [-0.2, 0) is 11.3 Å². The molecule has 1 atom stereocenters. The number of aliphatic carboxylic acids is 1. The third-order valence-electron chi connectivity index (χ3n) is 3.74. The molecule has 1 aliphatic heterocycles. The summed E-state index contributed by atoms with van der Waals surface area (Å²) in [5, 5.41) is 9.61. The maximum Gasteiger partial charge on any atom is 0.304 e. The highest BCUT2D eigenvalue weighted by Crippen LogP contribution is 2.22. The summed E-state index contributed by atoms with van der Waals surface area (Å²) in [6.07, 6.45) is 5.99. The van der Waals surface area contributed by atoms with Crippen molar-refractivity contribution in [3.8, 4) is 0 Å². The van der Waals surface area contributed by atoms with E-state index in [2.05, 4.69) is 9.88 Å². The van der Waals surface area contributed by atoms with E-state index < -0.39 is 5.97 Å². The molecule has 5 nitrogen and oxygen atoms in total. The van der Waals surface area contributed by atoms with Crippen LogP contribution in [0.25, 0.3) is 5.65 Å². The lowest BCUT2D eigenvalue weighted by molar-refractivity contribution is -0.138. The molecule has 0 aliphatic carbocycles. The molecule has 0 amide bonds. The largest absolute Gasteiger partial charge is 0.481 e. The molecule has 106 valence electrons. The van der Waals surface area contributed by atoms with Gasteiger partial charge in [0, 0.05) is 25.0 Å². The van der Waals surface area contributed by atoms with Crippen molar-refractivity contribution in [1.29, 1.82) is 0 Å². The Morgan fingerprint density at radius 3 is 3.10 bits per heavy atom. The molecule has 20 heavy (non-hydrogen) atoms. The van der Waals surface area contributed by atoms with Gasteiger partial charge >= 0.3 is 5.97 Å². The van der Waals surface area contributed by atoms with E-state index in [1.54, 1.807) is 0 Å². The Kier molecular flexibility index (Phi) is 3.63. The number of carbonyl (C=O) groups is 1. The lowest BCUT2D eigenvalue weighted by Crippen LogP contribution is -2.30. The number of likely N-dealkylation sites (tertiary alicyclic amines) is 1. The zero-order chi connectivity index (χ0) is 14.1. The first kappa shape index (κ1) is 13.4. The van der Waals surface area contributed by atoms with Crippen LogP contribution in [0.2, 0.25) is 5.02 Å². The van der Waals surface area contributed by atoms with Crippen LogP contribution in [0, 0.1) is 0 Å². The number of carboxylic acids is 1. The summed E-state index contributed by atoms with van der Waals surface area (Å²) in [6, 6.07) is 3.82. The third kappa shape index (κ3) is 2.78. The Morgan fingerprint density at radius 2 is 2.30 bits per heavy atom. The van der Waals surface area contributed by atoms with E-state index in [4.69, 9.17) is 16.7 Å². The van der Waals surface area contributed by atoms with Crippen molar-refractivity contribution in [2.24, 2.45) is 0 Å². The van der Waals surface area contributed by atoms with Crippen LogP contribution in [0.15, 0.2) is 24.5 Å². The first-order valence-corrected chi connectivity index (χ1v) is 7.08. The van der Waals surface area contributed by atoms with Gasteiger partial charge in [0.15, 0.2) is 0 Å². The number of rotatable bonds is 4. The van der Waals surface area contributed by atoms with E-state index in [-0.39, 0.29) is 12.5 Å². The number of fused-ring (bicyclic) bond motifs is 1. The quantitative estimate of drug-likeness (QED) is 0.940. The molecular formula is C14H16ClN3O2. The summed E-state index contributed by atoms with van der Waals surface area (Å²) in [6.45, 7) is 1.63. The normalized spacial score (nSPS) is 19.8. The minimum Gasteiger partial charge on any atom is -0.481 e. The SMILES string of the molecule is O=C(O)CC1CCCN1Cc1cn2cc(Cl)ccc2n1. The standard InChI is InChI=1S/C14H16ClN3O2/c15-10-3-4-13-16-11(9-18(13)7-10)8-17-5-1-2-12(17)6-14(19)20/h3-4,7,9,12H,1-2,5-6,8H2,(H,19,20). The van der Waals surface area contributed by atoms with Crippen molar-refractivity contribution in [2.45, 2.75) is 31.8 Å². The number of nitrogens with zero attached hydrogens (tertiary/aromatic N) is 3.